The number of imidazole rings is 1. The van der Waals surface area contributed by atoms with Crippen LogP contribution in [0.1, 0.15) is 21.8 Å². The number of thiazole rings is 1. The monoisotopic (exact) mass is 425 g/mol. The number of aromatic nitrogens is 4. The van der Waals surface area contributed by atoms with Crippen molar-refractivity contribution in [3.05, 3.63) is 74.8 Å². The van der Waals surface area contributed by atoms with Crippen molar-refractivity contribution < 1.29 is 9.18 Å². The molecule has 0 fully saturated rings. The summed E-state index contributed by atoms with van der Waals surface area (Å²) < 4.78 is 16.4. The fraction of sp³-hybridized carbons (Fsp3) is 0.238. The normalized spacial score (nSPS) is 11.2. The van der Waals surface area contributed by atoms with Gasteiger partial charge in [-0.1, -0.05) is 11.3 Å². The Morgan fingerprint density at radius 3 is 2.63 bits per heavy atom. The molecule has 0 radical (unpaired) electrons. The molecule has 0 spiro atoms. The maximum atomic E-state index is 13.1. The van der Waals surface area contributed by atoms with E-state index in [9.17, 15) is 14.0 Å². The van der Waals surface area contributed by atoms with Crippen molar-refractivity contribution in [1.82, 2.24) is 24.3 Å². The van der Waals surface area contributed by atoms with Gasteiger partial charge in [0.05, 0.1) is 18.6 Å². The number of hydrogen-bond acceptors (Lipinski definition) is 5. The molecule has 1 N–H and O–H groups in total. The minimum Gasteiger partial charge on any atom is -0.350 e. The summed E-state index contributed by atoms with van der Waals surface area (Å²) in [6, 6.07) is 6.21. The summed E-state index contributed by atoms with van der Waals surface area (Å²) in [5.41, 5.74) is 3.57. The van der Waals surface area contributed by atoms with E-state index < -0.39 is 0 Å². The van der Waals surface area contributed by atoms with Crippen LogP contribution in [0.25, 0.3) is 16.2 Å². The zero-order valence-corrected chi connectivity index (χ0v) is 17.6. The molecule has 1 amide bonds. The van der Waals surface area contributed by atoms with Crippen LogP contribution in [0, 0.1) is 26.6 Å². The van der Waals surface area contributed by atoms with Crippen molar-refractivity contribution in [2.75, 3.05) is 0 Å². The van der Waals surface area contributed by atoms with Gasteiger partial charge in [0.25, 0.3) is 5.56 Å². The lowest BCUT2D eigenvalue weighted by Crippen LogP contribution is -2.33. The fourth-order valence-electron chi connectivity index (χ4n) is 3.10. The van der Waals surface area contributed by atoms with Gasteiger partial charge in [0.1, 0.15) is 12.4 Å². The molecular weight excluding hydrogens is 405 g/mol. The molecule has 154 valence electrons. The molecular formula is C21H20FN5O2S. The van der Waals surface area contributed by atoms with E-state index in [4.69, 9.17) is 0 Å². The average Bonchev–Trinajstić information content (AvgIpc) is 3.27. The molecule has 0 unspecified atom stereocenters. The highest BCUT2D eigenvalue weighted by Gasteiger charge is 2.14. The zero-order chi connectivity index (χ0) is 21.4. The molecule has 7 nitrogen and oxygen atoms in total. The number of benzene rings is 1. The molecule has 0 saturated carbocycles. The first kappa shape index (κ1) is 20.0. The smallest absolute Gasteiger partial charge is 0.256 e. The Kier molecular flexibility index (Phi) is 5.21. The summed E-state index contributed by atoms with van der Waals surface area (Å²) in [5, 5.41) is 2.85. The molecule has 0 aliphatic carbocycles. The molecule has 9 heteroatoms. The largest absolute Gasteiger partial charge is 0.350 e. The third-order valence-corrected chi connectivity index (χ3v) is 6.22. The Morgan fingerprint density at radius 1 is 1.20 bits per heavy atom. The number of rotatable bonds is 5. The molecule has 4 rings (SSSR count). The van der Waals surface area contributed by atoms with Crippen molar-refractivity contribution in [3.8, 4) is 11.3 Å². The van der Waals surface area contributed by atoms with Gasteiger partial charge in [-0.05, 0) is 45.0 Å². The fourth-order valence-corrected chi connectivity index (χ4v) is 4.14. The van der Waals surface area contributed by atoms with E-state index in [-0.39, 0.29) is 23.8 Å². The summed E-state index contributed by atoms with van der Waals surface area (Å²) in [6.07, 6.45) is 3.30. The third kappa shape index (κ3) is 3.76. The number of nitrogens with zero attached hydrogens (tertiary/aromatic N) is 4. The van der Waals surface area contributed by atoms with Crippen LogP contribution < -0.4 is 10.9 Å². The lowest BCUT2D eigenvalue weighted by atomic mass is 10.2. The quantitative estimate of drug-likeness (QED) is 0.533. The zero-order valence-electron chi connectivity index (χ0n) is 16.8. The first-order valence-corrected chi connectivity index (χ1v) is 10.2. The van der Waals surface area contributed by atoms with Gasteiger partial charge >= 0.3 is 0 Å². The Hall–Kier alpha value is -3.33. The number of hydrogen-bond donors (Lipinski definition) is 1. The molecule has 30 heavy (non-hydrogen) atoms. The van der Waals surface area contributed by atoms with Gasteiger partial charge in [0.15, 0.2) is 4.96 Å². The first-order valence-electron chi connectivity index (χ1n) is 9.36. The standard InChI is InChI=1S/C21H20FN5O2S/c1-12-13(2)24-11-26(20(12)29)10-19(28)23-8-18-14(3)27-9-17(25-21(27)30-18)15-4-6-16(22)7-5-15/h4-7,9,11H,8,10H2,1-3H3,(H,23,28). The lowest BCUT2D eigenvalue weighted by Gasteiger charge is -2.08. The minimum absolute atomic E-state index is 0.0801. The van der Waals surface area contributed by atoms with Crippen molar-refractivity contribution in [2.24, 2.45) is 0 Å². The topological polar surface area (TPSA) is 81.3 Å². The summed E-state index contributed by atoms with van der Waals surface area (Å²) in [4.78, 5) is 35.1. The molecule has 3 aromatic heterocycles. The maximum absolute atomic E-state index is 13.1. The van der Waals surface area contributed by atoms with Crippen LogP contribution in [-0.4, -0.2) is 24.8 Å². The second kappa shape index (κ2) is 7.83. The number of nitrogens with one attached hydrogen (secondary N) is 1. The second-order valence-electron chi connectivity index (χ2n) is 7.06. The Balaban J connectivity index is 1.46. The van der Waals surface area contributed by atoms with Gasteiger partial charge in [-0.15, -0.1) is 0 Å². The predicted octanol–water partition coefficient (Wildman–Crippen LogP) is 3.00. The summed E-state index contributed by atoms with van der Waals surface area (Å²) in [6.45, 7) is 5.68. The highest BCUT2D eigenvalue weighted by Crippen LogP contribution is 2.27. The van der Waals surface area contributed by atoms with Gasteiger partial charge in [-0.2, -0.15) is 0 Å². The van der Waals surface area contributed by atoms with Gasteiger partial charge in [-0.25, -0.2) is 14.4 Å². The van der Waals surface area contributed by atoms with Gasteiger partial charge in [0, 0.05) is 33.6 Å². The van der Waals surface area contributed by atoms with Crippen molar-refractivity contribution >= 4 is 22.2 Å². The molecule has 0 aliphatic heterocycles. The van der Waals surface area contributed by atoms with E-state index in [1.165, 1.54) is 34.4 Å². The highest BCUT2D eigenvalue weighted by molar-refractivity contribution is 7.17. The van der Waals surface area contributed by atoms with E-state index in [0.29, 0.717) is 17.8 Å². The van der Waals surface area contributed by atoms with Gasteiger partial charge < -0.3 is 5.32 Å². The number of carbonyl (C=O) groups excluding carboxylic acids is 1. The summed E-state index contributed by atoms with van der Waals surface area (Å²) >= 11 is 1.48. The average molecular weight is 425 g/mol. The second-order valence-corrected chi connectivity index (χ2v) is 8.12. The van der Waals surface area contributed by atoms with E-state index in [1.54, 1.807) is 26.0 Å². The number of fused-ring (bicyclic) bond motifs is 1. The molecule has 1 aromatic carbocycles. The summed E-state index contributed by atoms with van der Waals surface area (Å²) in [5.74, 6) is -0.549. The van der Waals surface area contributed by atoms with Crippen LogP contribution in [-0.2, 0) is 17.9 Å². The Morgan fingerprint density at radius 2 is 1.93 bits per heavy atom. The molecule has 0 saturated heterocycles. The minimum atomic E-state index is -0.284. The number of aryl methyl sites for hydroxylation is 2. The SMILES string of the molecule is Cc1ncn(CC(=O)NCc2sc3nc(-c4ccc(F)cc4)cn3c2C)c(=O)c1C. The van der Waals surface area contributed by atoms with Crippen molar-refractivity contribution in [2.45, 2.75) is 33.9 Å². The molecule has 0 bridgehead atoms. The number of carbonyl (C=O) groups is 1. The molecule has 3 heterocycles. The van der Waals surface area contributed by atoms with Crippen molar-refractivity contribution in [3.63, 3.8) is 0 Å². The maximum Gasteiger partial charge on any atom is 0.256 e. The number of amides is 1. The highest BCUT2D eigenvalue weighted by atomic mass is 32.1. The van der Waals surface area contributed by atoms with Crippen LogP contribution in [0.2, 0.25) is 0 Å². The van der Waals surface area contributed by atoms with Gasteiger partial charge in [0.2, 0.25) is 5.91 Å². The van der Waals surface area contributed by atoms with Crippen LogP contribution >= 0.6 is 11.3 Å². The lowest BCUT2D eigenvalue weighted by molar-refractivity contribution is -0.121. The number of halogens is 1. The van der Waals surface area contributed by atoms with Crippen LogP contribution in [0.5, 0.6) is 0 Å². The summed E-state index contributed by atoms with van der Waals surface area (Å²) in [7, 11) is 0. The van der Waals surface area contributed by atoms with E-state index in [1.807, 2.05) is 17.5 Å². The first-order chi connectivity index (χ1) is 14.3. The van der Waals surface area contributed by atoms with E-state index >= 15 is 0 Å². The Bertz CT molecular complexity index is 1300. The van der Waals surface area contributed by atoms with Crippen LogP contribution in [0.15, 0.2) is 41.6 Å². The van der Waals surface area contributed by atoms with Gasteiger partial charge in [-0.3, -0.25) is 18.6 Å². The third-order valence-electron chi connectivity index (χ3n) is 5.07. The Labute approximate surface area is 175 Å². The molecule has 4 aromatic rings. The predicted molar refractivity (Wildman–Crippen MR) is 113 cm³/mol. The van der Waals surface area contributed by atoms with E-state index in [2.05, 4.69) is 15.3 Å². The van der Waals surface area contributed by atoms with Crippen LogP contribution in [0.3, 0.4) is 0 Å². The van der Waals surface area contributed by atoms with Crippen molar-refractivity contribution in [1.29, 1.82) is 0 Å². The van der Waals surface area contributed by atoms with Crippen LogP contribution in [0.4, 0.5) is 4.39 Å². The molecule has 0 atom stereocenters. The van der Waals surface area contributed by atoms with E-state index in [0.717, 1.165) is 26.8 Å². The molecule has 0 aliphatic rings.